The lowest BCUT2D eigenvalue weighted by Gasteiger charge is -2.18. The number of nitrogens with zero attached hydrogens (tertiary/aromatic N) is 2. The van der Waals surface area contributed by atoms with Gasteiger partial charge in [-0.15, -0.1) is 0 Å². The van der Waals surface area contributed by atoms with Crippen molar-refractivity contribution in [3.05, 3.63) is 39.4 Å². The molecule has 0 bridgehead atoms. The Morgan fingerprint density at radius 1 is 1.26 bits per heavy atom. The molecule has 104 valence electrons. The Kier molecular flexibility index (Phi) is 3.75. The zero-order chi connectivity index (χ0) is 14.0. The highest BCUT2D eigenvalue weighted by atomic mass is 19.4. The molecule has 4 nitrogen and oxygen atoms in total. The highest BCUT2D eigenvalue weighted by molar-refractivity contribution is 5.46. The van der Waals surface area contributed by atoms with Gasteiger partial charge in [0.25, 0.3) is 5.69 Å². The van der Waals surface area contributed by atoms with Gasteiger partial charge in [0.05, 0.1) is 16.1 Å². The van der Waals surface area contributed by atoms with Crippen LogP contribution < -0.4 is 0 Å². The van der Waals surface area contributed by atoms with Crippen LogP contribution in [0.15, 0.2) is 18.2 Å². The zero-order valence-electron chi connectivity index (χ0n) is 10.1. The summed E-state index contributed by atoms with van der Waals surface area (Å²) in [7, 11) is 0. The van der Waals surface area contributed by atoms with Gasteiger partial charge in [0.1, 0.15) is 0 Å². The average Bonchev–Trinajstić information content (AvgIpc) is 2.80. The summed E-state index contributed by atoms with van der Waals surface area (Å²) >= 11 is 0. The van der Waals surface area contributed by atoms with E-state index in [1.54, 1.807) is 0 Å². The van der Waals surface area contributed by atoms with Gasteiger partial charge in [0, 0.05) is 12.6 Å². The number of nitro benzene ring substituents is 1. The number of rotatable bonds is 3. The van der Waals surface area contributed by atoms with Crippen LogP contribution in [0.5, 0.6) is 0 Å². The summed E-state index contributed by atoms with van der Waals surface area (Å²) in [6, 6.07) is 3.10. The summed E-state index contributed by atoms with van der Waals surface area (Å²) in [6.45, 7) is 1.35. The molecule has 1 fully saturated rings. The van der Waals surface area contributed by atoms with Crippen molar-refractivity contribution in [2.24, 2.45) is 0 Å². The first-order chi connectivity index (χ1) is 8.89. The molecule has 1 aromatic carbocycles. The Morgan fingerprint density at radius 2 is 1.89 bits per heavy atom. The van der Waals surface area contributed by atoms with Crippen molar-refractivity contribution in [2.45, 2.75) is 25.6 Å². The molecule has 1 heterocycles. The Labute approximate surface area is 108 Å². The molecule has 1 saturated heterocycles. The van der Waals surface area contributed by atoms with Gasteiger partial charge in [-0.2, -0.15) is 13.2 Å². The first-order valence-corrected chi connectivity index (χ1v) is 5.95. The fraction of sp³-hybridized carbons (Fsp3) is 0.500. The summed E-state index contributed by atoms with van der Waals surface area (Å²) in [5, 5.41) is 10.9. The van der Waals surface area contributed by atoms with Crippen LogP contribution in [0.25, 0.3) is 0 Å². The van der Waals surface area contributed by atoms with Gasteiger partial charge in [-0.1, -0.05) is 6.07 Å². The molecule has 0 N–H and O–H groups in total. The second-order valence-electron chi connectivity index (χ2n) is 4.54. The molecular formula is C12H13F3N2O2. The lowest BCUT2D eigenvalue weighted by molar-refractivity contribution is -0.386. The number of likely N-dealkylation sites (tertiary alicyclic amines) is 1. The summed E-state index contributed by atoms with van der Waals surface area (Å²) < 4.78 is 38.8. The minimum atomic E-state index is -4.57. The van der Waals surface area contributed by atoms with Gasteiger partial charge >= 0.3 is 6.18 Å². The normalized spacial score (nSPS) is 16.8. The molecule has 1 aliphatic rings. The summed E-state index contributed by atoms with van der Waals surface area (Å²) in [5.74, 6) is 0. The monoisotopic (exact) mass is 274 g/mol. The Bertz CT molecular complexity index is 482. The smallest absolute Gasteiger partial charge is 0.299 e. The Morgan fingerprint density at radius 3 is 2.42 bits per heavy atom. The van der Waals surface area contributed by atoms with Gasteiger partial charge in [0.2, 0.25) is 0 Å². The maximum atomic E-state index is 12.9. The molecule has 0 radical (unpaired) electrons. The van der Waals surface area contributed by atoms with E-state index in [4.69, 9.17) is 0 Å². The average molecular weight is 274 g/mol. The maximum absolute atomic E-state index is 12.9. The molecule has 19 heavy (non-hydrogen) atoms. The molecule has 1 aliphatic heterocycles. The predicted molar refractivity (Wildman–Crippen MR) is 62.6 cm³/mol. The zero-order valence-corrected chi connectivity index (χ0v) is 10.1. The largest absolute Gasteiger partial charge is 0.416 e. The number of benzene rings is 1. The van der Waals surface area contributed by atoms with Crippen LogP contribution in [-0.2, 0) is 12.7 Å². The van der Waals surface area contributed by atoms with Crippen molar-refractivity contribution in [3.8, 4) is 0 Å². The van der Waals surface area contributed by atoms with Crippen LogP contribution in [0.2, 0.25) is 0 Å². The molecule has 0 aromatic heterocycles. The minimum absolute atomic E-state index is 0.0218. The number of nitro groups is 1. The quantitative estimate of drug-likeness (QED) is 0.628. The van der Waals surface area contributed by atoms with Crippen molar-refractivity contribution in [3.63, 3.8) is 0 Å². The van der Waals surface area contributed by atoms with E-state index in [-0.39, 0.29) is 12.1 Å². The van der Waals surface area contributed by atoms with Crippen molar-refractivity contribution in [1.29, 1.82) is 0 Å². The van der Waals surface area contributed by atoms with E-state index < -0.39 is 22.4 Å². The molecule has 0 amide bonds. The molecule has 0 spiro atoms. The van der Waals surface area contributed by atoms with Crippen LogP contribution in [0.3, 0.4) is 0 Å². The second kappa shape index (κ2) is 5.16. The van der Waals surface area contributed by atoms with Crippen molar-refractivity contribution >= 4 is 5.69 Å². The molecule has 0 aliphatic carbocycles. The van der Waals surface area contributed by atoms with Crippen LogP contribution >= 0.6 is 0 Å². The Balaban J connectivity index is 2.43. The van der Waals surface area contributed by atoms with Gasteiger partial charge in [-0.05, 0) is 32.0 Å². The van der Waals surface area contributed by atoms with Crippen molar-refractivity contribution in [1.82, 2.24) is 4.90 Å². The van der Waals surface area contributed by atoms with E-state index >= 15 is 0 Å². The van der Waals surface area contributed by atoms with Gasteiger partial charge < -0.3 is 0 Å². The molecule has 7 heteroatoms. The fourth-order valence-corrected chi connectivity index (χ4v) is 2.34. The first kappa shape index (κ1) is 13.8. The van der Waals surface area contributed by atoms with E-state index in [1.165, 1.54) is 0 Å². The molecule has 0 saturated carbocycles. The maximum Gasteiger partial charge on any atom is 0.416 e. The standard InChI is InChI=1S/C12H13F3N2O2/c13-12(14,15)10-4-3-5-11(17(18)19)9(10)8-16-6-1-2-7-16/h3-5H,1-2,6-8H2. The third kappa shape index (κ3) is 3.04. The van der Waals surface area contributed by atoms with Crippen LogP contribution in [0.4, 0.5) is 18.9 Å². The number of hydrogen-bond donors (Lipinski definition) is 0. The molecule has 0 atom stereocenters. The van der Waals surface area contributed by atoms with E-state index in [1.807, 2.05) is 4.90 Å². The van der Waals surface area contributed by atoms with E-state index in [0.717, 1.165) is 31.0 Å². The van der Waals surface area contributed by atoms with Crippen molar-refractivity contribution < 1.29 is 18.1 Å². The molecule has 1 aromatic rings. The first-order valence-electron chi connectivity index (χ1n) is 5.95. The highest BCUT2D eigenvalue weighted by Crippen LogP contribution is 2.36. The minimum Gasteiger partial charge on any atom is -0.299 e. The van der Waals surface area contributed by atoms with Gasteiger partial charge in [-0.25, -0.2) is 0 Å². The molecule has 2 rings (SSSR count). The number of alkyl halides is 3. The van der Waals surface area contributed by atoms with Gasteiger partial charge in [-0.3, -0.25) is 15.0 Å². The van der Waals surface area contributed by atoms with Crippen LogP contribution in [-0.4, -0.2) is 22.9 Å². The second-order valence-corrected chi connectivity index (χ2v) is 4.54. The molecular weight excluding hydrogens is 261 g/mol. The number of hydrogen-bond acceptors (Lipinski definition) is 3. The number of halogens is 3. The van der Waals surface area contributed by atoms with Crippen LogP contribution in [0, 0.1) is 10.1 Å². The summed E-state index contributed by atoms with van der Waals surface area (Å²) in [4.78, 5) is 12.0. The van der Waals surface area contributed by atoms with Crippen molar-refractivity contribution in [2.75, 3.05) is 13.1 Å². The molecule has 0 unspecified atom stereocenters. The van der Waals surface area contributed by atoms with Gasteiger partial charge in [0.15, 0.2) is 0 Å². The Hall–Kier alpha value is -1.63. The topological polar surface area (TPSA) is 46.4 Å². The highest BCUT2D eigenvalue weighted by Gasteiger charge is 2.37. The van der Waals surface area contributed by atoms with E-state index in [9.17, 15) is 23.3 Å². The SMILES string of the molecule is O=[N+]([O-])c1cccc(C(F)(F)F)c1CN1CCCC1. The fourth-order valence-electron chi connectivity index (χ4n) is 2.34. The van der Waals surface area contributed by atoms with Crippen LogP contribution in [0.1, 0.15) is 24.0 Å². The van der Waals surface area contributed by atoms with E-state index in [2.05, 4.69) is 0 Å². The van der Waals surface area contributed by atoms with E-state index in [0.29, 0.717) is 13.1 Å². The summed E-state index contributed by atoms with van der Waals surface area (Å²) in [6.07, 6.45) is -2.73. The lowest BCUT2D eigenvalue weighted by Crippen LogP contribution is -2.22. The predicted octanol–water partition coefficient (Wildman–Crippen LogP) is 3.21. The summed E-state index contributed by atoms with van der Waals surface area (Å²) in [5.41, 5.74) is -1.60. The third-order valence-corrected chi connectivity index (χ3v) is 3.23. The lowest BCUT2D eigenvalue weighted by atomic mass is 10.0. The third-order valence-electron chi connectivity index (χ3n) is 3.23.